The lowest BCUT2D eigenvalue weighted by Crippen LogP contribution is -2.41. The first-order valence-corrected chi connectivity index (χ1v) is 7.30. The number of carbonyl (C=O) groups excluding carboxylic acids is 1. The number of halogens is 2. The highest BCUT2D eigenvalue weighted by Crippen LogP contribution is 2.44. The molecule has 1 amide bonds. The van der Waals surface area contributed by atoms with Crippen LogP contribution in [-0.2, 0) is 9.59 Å². The van der Waals surface area contributed by atoms with Gasteiger partial charge in [0, 0.05) is 28.3 Å². The van der Waals surface area contributed by atoms with Crippen LogP contribution in [0.5, 0.6) is 0 Å². The van der Waals surface area contributed by atoms with Crippen molar-refractivity contribution in [1.82, 2.24) is 4.90 Å². The molecule has 1 aromatic rings. The van der Waals surface area contributed by atoms with Crippen molar-refractivity contribution in [1.29, 1.82) is 0 Å². The Morgan fingerprint density at radius 3 is 2.63 bits per heavy atom. The maximum Gasteiger partial charge on any atom is 0.327 e. The van der Waals surface area contributed by atoms with E-state index >= 15 is 0 Å². The summed E-state index contributed by atoms with van der Waals surface area (Å²) in [5.41, 5.74) is 0.704. The number of carboxylic acids is 1. The van der Waals surface area contributed by atoms with Crippen LogP contribution in [0.15, 0.2) is 18.2 Å². The van der Waals surface area contributed by atoms with Gasteiger partial charge in [0.1, 0.15) is 11.4 Å². The van der Waals surface area contributed by atoms with Crippen molar-refractivity contribution in [3.8, 4) is 0 Å². The number of aliphatic carboxylic acids is 1. The molecule has 4 nitrogen and oxygen atoms in total. The molecule has 2 atom stereocenters. The molecule has 1 aliphatic heterocycles. The molecule has 0 saturated carbocycles. The summed E-state index contributed by atoms with van der Waals surface area (Å²) < 4.78 is 0. The van der Waals surface area contributed by atoms with Crippen molar-refractivity contribution in [2.75, 3.05) is 5.75 Å². The summed E-state index contributed by atoms with van der Waals surface area (Å²) in [6.45, 7) is 1.36. The highest BCUT2D eigenvalue weighted by atomic mass is 35.5. The van der Waals surface area contributed by atoms with Crippen LogP contribution in [-0.4, -0.2) is 33.7 Å². The molecule has 0 radical (unpaired) electrons. The van der Waals surface area contributed by atoms with Gasteiger partial charge in [-0.1, -0.05) is 29.3 Å². The fourth-order valence-corrected chi connectivity index (χ4v) is 4.11. The smallest absolute Gasteiger partial charge is 0.327 e. The zero-order chi connectivity index (χ0) is 14.2. The summed E-state index contributed by atoms with van der Waals surface area (Å²) in [5.74, 6) is -0.942. The molecule has 0 spiro atoms. The second kappa shape index (κ2) is 5.61. The molecule has 0 aromatic heterocycles. The standard InChI is InChI=1S/C12H11Cl2NO3S/c1-6(16)15-10(12(17)18)5-19-11(15)8-3-2-7(13)4-9(8)14/h2-4,10-11H,5H2,1H3,(H,17,18)/t10-,11+/m0/s1. The molecule has 2 rings (SSSR count). The van der Waals surface area contributed by atoms with Crippen LogP contribution in [0.25, 0.3) is 0 Å². The molecular formula is C12H11Cl2NO3S. The van der Waals surface area contributed by atoms with E-state index in [0.717, 1.165) is 0 Å². The van der Waals surface area contributed by atoms with Gasteiger partial charge in [-0.2, -0.15) is 0 Å². The van der Waals surface area contributed by atoms with Crippen molar-refractivity contribution >= 4 is 46.8 Å². The fourth-order valence-electron chi connectivity index (χ4n) is 2.02. The predicted octanol–water partition coefficient (Wildman–Crippen LogP) is 3.04. The highest BCUT2D eigenvalue weighted by molar-refractivity contribution is 7.99. The Labute approximate surface area is 124 Å². The molecule has 1 fully saturated rings. The Balaban J connectivity index is 2.38. The lowest BCUT2D eigenvalue weighted by atomic mass is 10.1. The van der Waals surface area contributed by atoms with Gasteiger partial charge in [0.05, 0.1) is 0 Å². The molecule has 102 valence electrons. The summed E-state index contributed by atoms with van der Waals surface area (Å²) >= 11 is 13.3. The van der Waals surface area contributed by atoms with Crippen molar-refractivity contribution in [2.24, 2.45) is 0 Å². The van der Waals surface area contributed by atoms with E-state index in [1.54, 1.807) is 18.2 Å². The minimum Gasteiger partial charge on any atom is -0.480 e. The third-order valence-electron chi connectivity index (χ3n) is 2.88. The quantitative estimate of drug-likeness (QED) is 0.910. The van der Waals surface area contributed by atoms with Crippen LogP contribution < -0.4 is 0 Å². The normalized spacial score (nSPS) is 22.6. The average Bonchev–Trinajstić information content (AvgIpc) is 2.73. The molecule has 0 unspecified atom stereocenters. The van der Waals surface area contributed by atoms with E-state index in [1.165, 1.54) is 23.6 Å². The minimum atomic E-state index is -1.00. The van der Waals surface area contributed by atoms with Gasteiger partial charge in [-0.3, -0.25) is 4.79 Å². The SMILES string of the molecule is CC(=O)N1[C@@H](c2ccc(Cl)cc2Cl)SC[C@H]1C(=O)O. The van der Waals surface area contributed by atoms with Crippen LogP contribution >= 0.6 is 35.0 Å². The average molecular weight is 320 g/mol. The Morgan fingerprint density at radius 2 is 2.11 bits per heavy atom. The van der Waals surface area contributed by atoms with Gasteiger partial charge < -0.3 is 10.0 Å². The summed E-state index contributed by atoms with van der Waals surface area (Å²) in [6, 6.07) is 4.17. The first-order valence-electron chi connectivity index (χ1n) is 5.50. The summed E-state index contributed by atoms with van der Waals surface area (Å²) in [5, 5.41) is 9.70. The van der Waals surface area contributed by atoms with Crippen LogP contribution in [0.2, 0.25) is 10.0 Å². The second-order valence-electron chi connectivity index (χ2n) is 4.13. The van der Waals surface area contributed by atoms with E-state index in [9.17, 15) is 9.59 Å². The van der Waals surface area contributed by atoms with E-state index in [2.05, 4.69) is 0 Å². The number of hydrogen-bond donors (Lipinski definition) is 1. The fraction of sp³-hybridized carbons (Fsp3) is 0.333. The van der Waals surface area contributed by atoms with Crippen LogP contribution in [0.3, 0.4) is 0 Å². The van der Waals surface area contributed by atoms with Crippen LogP contribution in [0, 0.1) is 0 Å². The second-order valence-corrected chi connectivity index (χ2v) is 6.09. The van der Waals surface area contributed by atoms with E-state index < -0.39 is 12.0 Å². The zero-order valence-electron chi connectivity index (χ0n) is 9.97. The number of carbonyl (C=O) groups is 2. The number of carboxylic acid groups (broad SMARTS) is 1. The first-order chi connectivity index (χ1) is 8.91. The van der Waals surface area contributed by atoms with E-state index in [4.69, 9.17) is 28.3 Å². The maximum atomic E-state index is 11.7. The molecule has 19 heavy (non-hydrogen) atoms. The highest BCUT2D eigenvalue weighted by Gasteiger charge is 2.41. The lowest BCUT2D eigenvalue weighted by molar-refractivity contribution is -0.148. The number of rotatable bonds is 2. The van der Waals surface area contributed by atoms with E-state index in [0.29, 0.717) is 21.4 Å². The van der Waals surface area contributed by atoms with E-state index in [-0.39, 0.29) is 11.3 Å². The minimum absolute atomic E-state index is 0.284. The van der Waals surface area contributed by atoms with Crippen LogP contribution in [0.1, 0.15) is 17.9 Å². The number of amides is 1. The lowest BCUT2D eigenvalue weighted by Gasteiger charge is -2.26. The predicted molar refractivity (Wildman–Crippen MR) is 75.6 cm³/mol. The summed E-state index contributed by atoms with van der Waals surface area (Å²) in [7, 11) is 0. The van der Waals surface area contributed by atoms with Crippen LogP contribution in [0.4, 0.5) is 0 Å². The van der Waals surface area contributed by atoms with Crippen molar-refractivity contribution in [3.05, 3.63) is 33.8 Å². The Bertz CT molecular complexity index is 538. The largest absolute Gasteiger partial charge is 0.480 e. The molecule has 1 aliphatic rings. The molecule has 1 saturated heterocycles. The van der Waals surface area contributed by atoms with Crippen molar-refractivity contribution in [2.45, 2.75) is 18.3 Å². The number of benzene rings is 1. The number of nitrogens with zero attached hydrogens (tertiary/aromatic N) is 1. The van der Waals surface area contributed by atoms with Gasteiger partial charge in [0.25, 0.3) is 0 Å². The monoisotopic (exact) mass is 319 g/mol. The van der Waals surface area contributed by atoms with Gasteiger partial charge in [0.2, 0.25) is 5.91 Å². The molecule has 1 N–H and O–H groups in total. The van der Waals surface area contributed by atoms with Gasteiger partial charge in [-0.25, -0.2) is 4.79 Å². The van der Waals surface area contributed by atoms with Crippen molar-refractivity contribution < 1.29 is 14.7 Å². The van der Waals surface area contributed by atoms with E-state index in [1.807, 2.05) is 0 Å². The maximum absolute atomic E-state index is 11.7. The molecule has 1 aromatic carbocycles. The Hall–Kier alpha value is -0.910. The Kier molecular flexibility index (Phi) is 4.28. The third kappa shape index (κ3) is 2.83. The summed E-state index contributed by atoms with van der Waals surface area (Å²) in [6.07, 6.45) is 0. The van der Waals surface area contributed by atoms with Gasteiger partial charge in [0.15, 0.2) is 0 Å². The summed E-state index contributed by atoms with van der Waals surface area (Å²) in [4.78, 5) is 24.2. The zero-order valence-corrected chi connectivity index (χ0v) is 12.3. The number of hydrogen-bond acceptors (Lipinski definition) is 3. The topological polar surface area (TPSA) is 57.6 Å². The van der Waals surface area contributed by atoms with Gasteiger partial charge in [-0.05, 0) is 12.1 Å². The Morgan fingerprint density at radius 1 is 1.42 bits per heavy atom. The van der Waals surface area contributed by atoms with Gasteiger partial charge in [-0.15, -0.1) is 11.8 Å². The molecule has 0 aliphatic carbocycles. The van der Waals surface area contributed by atoms with Crippen molar-refractivity contribution in [3.63, 3.8) is 0 Å². The molecule has 1 heterocycles. The molecular weight excluding hydrogens is 309 g/mol. The molecule has 7 heteroatoms. The first kappa shape index (κ1) is 14.5. The molecule has 0 bridgehead atoms. The third-order valence-corrected chi connectivity index (χ3v) is 4.75. The number of thioether (sulfide) groups is 1. The van der Waals surface area contributed by atoms with Gasteiger partial charge >= 0.3 is 5.97 Å².